The molecule has 1 aromatic carbocycles. The monoisotopic (exact) mass is 341 g/mol. The minimum absolute atomic E-state index is 0. The van der Waals surface area contributed by atoms with Crippen molar-refractivity contribution in [2.45, 2.75) is 32.7 Å². The number of nitrogens with zero attached hydrogens (tertiary/aromatic N) is 2. The molecule has 0 fully saturated rings. The number of halogens is 1. The average molecular weight is 342 g/mol. The Kier molecular flexibility index (Phi) is 7.85. The molecule has 1 atom stereocenters. The maximum absolute atomic E-state index is 5.32. The highest BCUT2D eigenvalue weighted by Crippen LogP contribution is 2.28. The molecule has 1 N–H and O–H groups in total. The van der Waals surface area contributed by atoms with Crippen LogP contribution in [0.1, 0.15) is 43.6 Å². The van der Waals surface area contributed by atoms with Crippen LogP contribution in [0.4, 0.5) is 0 Å². The van der Waals surface area contributed by atoms with Gasteiger partial charge in [-0.25, -0.2) is 0 Å². The van der Waals surface area contributed by atoms with Crippen molar-refractivity contribution >= 4 is 12.4 Å². The van der Waals surface area contributed by atoms with E-state index in [9.17, 15) is 0 Å². The van der Waals surface area contributed by atoms with Crippen molar-refractivity contribution in [1.82, 2.24) is 15.5 Å². The van der Waals surface area contributed by atoms with Crippen molar-refractivity contribution in [2.75, 3.05) is 20.8 Å². The van der Waals surface area contributed by atoms with Crippen LogP contribution in [0, 0.1) is 0 Å². The molecule has 23 heavy (non-hydrogen) atoms. The van der Waals surface area contributed by atoms with Crippen LogP contribution in [0.5, 0.6) is 11.5 Å². The first-order valence-electron chi connectivity index (χ1n) is 7.44. The van der Waals surface area contributed by atoms with Gasteiger partial charge in [0.2, 0.25) is 5.89 Å². The summed E-state index contributed by atoms with van der Waals surface area (Å²) in [5.41, 5.74) is 1.04. The van der Waals surface area contributed by atoms with Crippen LogP contribution < -0.4 is 14.8 Å². The summed E-state index contributed by atoms with van der Waals surface area (Å²) in [4.78, 5) is 4.44. The van der Waals surface area contributed by atoms with Gasteiger partial charge in [0, 0.05) is 6.42 Å². The Balaban J connectivity index is 0.00000264. The molecule has 0 saturated heterocycles. The lowest BCUT2D eigenvalue weighted by Crippen LogP contribution is -2.19. The van der Waals surface area contributed by atoms with E-state index in [0.29, 0.717) is 29.6 Å². The molecular formula is C16H24ClN3O3. The van der Waals surface area contributed by atoms with Crippen LogP contribution in [0.2, 0.25) is 0 Å². The Morgan fingerprint density at radius 2 is 1.96 bits per heavy atom. The van der Waals surface area contributed by atoms with Gasteiger partial charge < -0.3 is 19.3 Å². The summed E-state index contributed by atoms with van der Waals surface area (Å²) in [7, 11) is 3.24. The third-order valence-corrected chi connectivity index (χ3v) is 3.36. The zero-order valence-corrected chi connectivity index (χ0v) is 14.8. The van der Waals surface area contributed by atoms with Gasteiger partial charge in [0.05, 0.1) is 20.3 Å². The van der Waals surface area contributed by atoms with Crippen molar-refractivity contribution in [2.24, 2.45) is 0 Å². The second-order valence-electron chi connectivity index (χ2n) is 5.09. The summed E-state index contributed by atoms with van der Waals surface area (Å²) in [5, 5.41) is 7.37. The fraction of sp³-hybridized carbons (Fsp3) is 0.500. The molecular weight excluding hydrogens is 318 g/mol. The number of rotatable bonds is 8. The number of benzene rings is 1. The lowest BCUT2D eigenvalue weighted by molar-refractivity contribution is 0.337. The van der Waals surface area contributed by atoms with Gasteiger partial charge in [0.15, 0.2) is 17.3 Å². The highest BCUT2D eigenvalue weighted by molar-refractivity contribution is 5.85. The van der Waals surface area contributed by atoms with Crippen LogP contribution in [0.15, 0.2) is 22.7 Å². The van der Waals surface area contributed by atoms with Gasteiger partial charge in [-0.15, -0.1) is 12.4 Å². The normalized spacial score (nSPS) is 11.7. The van der Waals surface area contributed by atoms with Crippen molar-refractivity contribution in [3.05, 3.63) is 35.5 Å². The van der Waals surface area contributed by atoms with Gasteiger partial charge in [-0.1, -0.05) is 18.1 Å². The standard InChI is InChI=1S/C16H23N3O3.ClH/c1-5-8-17-11(2)16-18-15(19-22-16)10-12-6-7-13(20-3)14(9-12)21-4;/h6-7,9,11,17H,5,8,10H2,1-4H3;1H. The molecule has 2 rings (SSSR count). The fourth-order valence-corrected chi connectivity index (χ4v) is 2.14. The summed E-state index contributed by atoms with van der Waals surface area (Å²) in [6.07, 6.45) is 1.65. The molecule has 0 radical (unpaired) electrons. The van der Waals surface area contributed by atoms with Gasteiger partial charge in [-0.3, -0.25) is 0 Å². The summed E-state index contributed by atoms with van der Waals surface area (Å²) >= 11 is 0. The quantitative estimate of drug-likeness (QED) is 0.795. The first-order valence-corrected chi connectivity index (χ1v) is 7.44. The molecule has 128 valence electrons. The number of aromatic nitrogens is 2. The molecule has 1 heterocycles. The Labute approximate surface area is 143 Å². The lowest BCUT2D eigenvalue weighted by Gasteiger charge is -2.08. The van der Waals surface area contributed by atoms with E-state index in [1.807, 2.05) is 25.1 Å². The predicted octanol–water partition coefficient (Wildman–Crippen LogP) is 3.16. The van der Waals surface area contributed by atoms with E-state index < -0.39 is 0 Å². The Morgan fingerprint density at radius 1 is 1.22 bits per heavy atom. The van der Waals surface area contributed by atoms with Crippen LogP contribution in [-0.4, -0.2) is 30.9 Å². The molecule has 0 aliphatic carbocycles. The highest BCUT2D eigenvalue weighted by atomic mass is 35.5. The van der Waals surface area contributed by atoms with Gasteiger partial charge in [-0.05, 0) is 37.6 Å². The molecule has 0 spiro atoms. The first-order chi connectivity index (χ1) is 10.7. The smallest absolute Gasteiger partial charge is 0.243 e. The van der Waals surface area contributed by atoms with Crippen molar-refractivity contribution in [1.29, 1.82) is 0 Å². The summed E-state index contributed by atoms with van der Waals surface area (Å²) in [6, 6.07) is 5.83. The third-order valence-electron chi connectivity index (χ3n) is 3.36. The first kappa shape index (κ1) is 19.3. The third kappa shape index (κ3) is 5.11. The van der Waals surface area contributed by atoms with E-state index in [0.717, 1.165) is 18.5 Å². The van der Waals surface area contributed by atoms with Gasteiger partial charge in [0.1, 0.15) is 0 Å². The van der Waals surface area contributed by atoms with Crippen molar-refractivity contribution in [3.63, 3.8) is 0 Å². The van der Waals surface area contributed by atoms with E-state index >= 15 is 0 Å². The van der Waals surface area contributed by atoms with Crippen LogP contribution in [0.3, 0.4) is 0 Å². The minimum atomic E-state index is 0. The molecule has 1 aromatic heterocycles. The van der Waals surface area contributed by atoms with E-state index in [-0.39, 0.29) is 18.4 Å². The Bertz CT molecular complexity index is 604. The lowest BCUT2D eigenvalue weighted by atomic mass is 10.1. The second-order valence-corrected chi connectivity index (χ2v) is 5.09. The molecule has 0 aliphatic rings. The number of nitrogens with one attached hydrogen (secondary N) is 1. The highest BCUT2D eigenvalue weighted by Gasteiger charge is 2.14. The number of methoxy groups -OCH3 is 2. The topological polar surface area (TPSA) is 69.4 Å². The number of hydrogen-bond donors (Lipinski definition) is 1. The molecule has 1 unspecified atom stereocenters. The maximum Gasteiger partial charge on any atom is 0.243 e. The maximum atomic E-state index is 5.32. The van der Waals surface area contributed by atoms with E-state index in [1.54, 1.807) is 14.2 Å². The molecule has 0 saturated carbocycles. The number of hydrogen-bond acceptors (Lipinski definition) is 6. The van der Waals surface area contributed by atoms with Gasteiger partial charge >= 0.3 is 0 Å². The van der Waals surface area contributed by atoms with Crippen LogP contribution in [0.25, 0.3) is 0 Å². The SMILES string of the molecule is CCCNC(C)c1nc(Cc2ccc(OC)c(OC)c2)no1.Cl. The van der Waals surface area contributed by atoms with Crippen molar-refractivity contribution < 1.29 is 14.0 Å². The van der Waals surface area contributed by atoms with Crippen molar-refractivity contribution in [3.8, 4) is 11.5 Å². The summed E-state index contributed by atoms with van der Waals surface area (Å²) in [6.45, 7) is 5.06. The molecule has 7 heteroatoms. The van der Waals surface area contributed by atoms with Gasteiger partial charge in [0.25, 0.3) is 0 Å². The zero-order valence-electron chi connectivity index (χ0n) is 14.0. The minimum Gasteiger partial charge on any atom is -0.493 e. The molecule has 0 bridgehead atoms. The Hall–Kier alpha value is -1.79. The molecule has 0 amide bonds. The van der Waals surface area contributed by atoms with E-state index in [4.69, 9.17) is 14.0 Å². The summed E-state index contributed by atoms with van der Waals surface area (Å²) < 4.78 is 15.9. The average Bonchev–Trinajstić information content (AvgIpc) is 3.01. The molecule has 0 aliphatic heterocycles. The van der Waals surface area contributed by atoms with Gasteiger partial charge in [-0.2, -0.15) is 4.98 Å². The van der Waals surface area contributed by atoms with Crippen LogP contribution >= 0.6 is 12.4 Å². The fourth-order valence-electron chi connectivity index (χ4n) is 2.14. The predicted molar refractivity (Wildman–Crippen MR) is 90.6 cm³/mol. The largest absolute Gasteiger partial charge is 0.493 e. The summed E-state index contributed by atoms with van der Waals surface area (Å²) in [5.74, 6) is 2.68. The molecule has 2 aromatic rings. The second kappa shape index (κ2) is 9.37. The van der Waals surface area contributed by atoms with Crippen LogP contribution in [-0.2, 0) is 6.42 Å². The zero-order chi connectivity index (χ0) is 15.9. The Morgan fingerprint density at radius 3 is 2.61 bits per heavy atom. The van der Waals surface area contributed by atoms with E-state index in [2.05, 4.69) is 22.4 Å². The van der Waals surface area contributed by atoms with E-state index in [1.165, 1.54) is 0 Å². The number of ether oxygens (including phenoxy) is 2. The molecule has 6 nitrogen and oxygen atoms in total.